The Morgan fingerprint density at radius 2 is 1.61 bits per heavy atom. The van der Waals surface area contributed by atoms with Crippen LogP contribution in [0.1, 0.15) is 43.8 Å². The second-order valence-corrected chi connectivity index (χ2v) is 9.31. The second-order valence-electron chi connectivity index (χ2n) is 9.31. The number of benzene rings is 2. The summed E-state index contributed by atoms with van der Waals surface area (Å²) in [5, 5.41) is 12.9. The van der Waals surface area contributed by atoms with Gasteiger partial charge in [0.1, 0.15) is 5.75 Å². The van der Waals surface area contributed by atoms with Gasteiger partial charge in [-0.2, -0.15) is 0 Å². The van der Waals surface area contributed by atoms with Crippen LogP contribution >= 0.6 is 0 Å². The molecule has 0 spiro atoms. The van der Waals surface area contributed by atoms with Crippen LogP contribution in [0.15, 0.2) is 48.5 Å². The zero-order chi connectivity index (χ0) is 22.0. The molecule has 164 valence electrons. The van der Waals surface area contributed by atoms with Crippen molar-refractivity contribution in [3.05, 3.63) is 65.5 Å². The first-order valence-electron chi connectivity index (χ1n) is 11.0. The molecule has 1 atom stereocenters. The van der Waals surface area contributed by atoms with Gasteiger partial charge in [-0.1, -0.05) is 29.8 Å². The molecular weight excluding hydrogens is 388 g/mol. The number of nitrogens with zero attached hydrogens (tertiary/aromatic N) is 5. The average molecular weight is 422 g/mol. The summed E-state index contributed by atoms with van der Waals surface area (Å²) in [5.41, 5.74) is 3.59. The Bertz CT molecular complexity index is 982. The van der Waals surface area contributed by atoms with Crippen LogP contribution in [0.4, 0.5) is 5.69 Å². The van der Waals surface area contributed by atoms with Crippen molar-refractivity contribution in [2.24, 2.45) is 0 Å². The number of rotatable bonds is 5. The molecule has 0 unspecified atom stereocenters. The normalized spacial score (nSPS) is 16.4. The van der Waals surface area contributed by atoms with Crippen LogP contribution in [0, 0.1) is 6.92 Å². The van der Waals surface area contributed by atoms with E-state index in [0.717, 1.165) is 37.8 Å². The lowest BCUT2D eigenvalue weighted by Gasteiger charge is -2.37. The van der Waals surface area contributed by atoms with Gasteiger partial charge in [0.25, 0.3) is 0 Å². The predicted octanol–water partition coefficient (Wildman–Crippen LogP) is 2.24. The maximum atomic E-state index is 5.30. The van der Waals surface area contributed by atoms with E-state index < -0.39 is 0 Å². The lowest BCUT2D eigenvalue weighted by Crippen LogP contribution is -3.15. The molecule has 2 heterocycles. The SMILES string of the molecule is COc1ccc(N2CC[NH+]([C@H](c3ccc(C)cc3)c3nnnn3C(C)(C)C)CC2)cc1. The highest BCUT2D eigenvalue weighted by molar-refractivity contribution is 5.49. The van der Waals surface area contributed by atoms with Gasteiger partial charge in [-0.15, -0.1) is 5.10 Å². The largest absolute Gasteiger partial charge is 0.497 e. The van der Waals surface area contributed by atoms with Gasteiger partial charge in [0.05, 0.1) is 38.8 Å². The summed E-state index contributed by atoms with van der Waals surface area (Å²) < 4.78 is 7.29. The number of quaternary nitrogens is 1. The van der Waals surface area contributed by atoms with Crippen molar-refractivity contribution in [3.63, 3.8) is 0 Å². The number of piperazine rings is 1. The summed E-state index contributed by atoms with van der Waals surface area (Å²) >= 11 is 0. The van der Waals surface area contributed by atoms with E-state index in [9.17, 15) is 0 Å². The van der Waals surface area contributed by atoms with E-state index in [2.05, 4.69) is 84.5 Å². The highest BCUT2D eigenvalue weighted by atomic mass is 16.5. The van der Waals surface area contributed by atoms with Crippen LogP contribution in [-0.4, -0.2) is 53.5 Å². The number of hydrogen-bond donors (Lipinski definition) is 1. The number of hydrogen-bond acceptors (Lipinski definition) is 5. The minimum absolute atomic E-state index is 0.104. The highest BCUT2D eigenvalue weighted by Gasteiger charge is 2.36. The van der Waals surface area contributed by atoms with Crippen LogP contribution in [-0.2, 0) is 5.54 Å². The molecule has 7 heteroatoms. The van der Waals surface area contributed by atoms with Crippen LogP contribution < -0.4 is 14.5 Å². The molecule has 1 aliphatic rings. The van der Waals surface area contributed by atoms with Gasteiger partial charge in [-0.3, -0.25) is 0 Å². The number of nitrogens with one attached hydrogen (secondary N) is 1. The minimum atomic E-state index is -0.174. The van der Waals surface area contributed by atoms with Gasteiger partial charge < -0.3 is 14.5 Å². The number of aromatic nitrogens is 4. The van der Waals surface area contributed by atoms with Crippen molar-refractivity contribution in [3.8, 4) is 5.75 Å². The van der Waals surface area contributed by atoms with Crippen LogP contribution in [0.25, 0.3) is 0 Å². The lowest BCUT2D eigenvalue weighted by atomic mass is 10.0. The standard InChI is InChI=1S/C24H32N6O/c1-18-6-8-19(9-7-18)22(23-25-26-27-30(23)24(2,3)4)29-16-14-28(15-17-29)20-10-12-21(31-5)13-11-20/h6-13,22H,14-17H2,1-5H3/p+1/t22-/m1/s1. The van der Waals surface area contributed by atoms with Crippen molar-refractivity contribution in [2.45, 2.75) is 39.3 Å². The Morgan fingerprint density at radius 3 is 2.19 bits per heavy atom. The summed E-state index contributed by atoms with van der Waals surface area (Å²) in [7, 11) is 1.70. The molecule has 2 aromatic carbocycles. The van der Waals surface area contributed by atoms with Gasteiger partial charge >= 0.3 is 0 Å². The Balaban J connectivity index is 1.60. The first-order chi connectivity index (χ1) is 14.9. The van der Waals surface area contributed by atoms with Crippen molar-refractivity contribution in [1.82, 2.24) is 20.2 Å². The Labute approximate surface area is 184 Å². The molecule has 1 N–H and O–H groups in total. The Morgan fingerprint density at radius 1 is 0.968 bits per heavy atom. The van der Waals surface area contributed by atoms with Crippen LogP contribution in [0.3, 0.4) is 0 Å². The molecule has 3 aromatic rings. The average Bonchev–Trinajstić information content (AvgIpc) is 3.26. The van der Waals surface area contributed by atoms with Gasteiger partial charge in [-0.25, -0.2) is 4.68 Å². The molecule has 0 saturated carbocycles. The molecule has 1 aliphatic heterocycles. The third kappa shape index (κ3) is 4.56. The van der Waals surface area contributed by atoms with E-state index >= 15 is 0 Å². The number of methoxy groups -OCH3 is 1. The molecule has 7 nitrogen and oxygen atoms in total. The number of aryl methyl sites for hydroxylation is 1. The van der Waals surface area contributed by atoms with Crippen molar-refractivity contribution in [2.75, 3.05) is 38.2 Å². The maximum Gasteiger partial charge on any atom is 0.214 e. The van der Waals surface area contributed by atoms with E-state index in [1.807, 2.05) is 16.8 Å². The summed E-state index contributed by atoms with van der Waals surface area (Å²) in [5.74, 6) is 1.82. The van der Waals surface area contributed by atoms with Crippen molar-refractivity contribution < 1.29 is 9.64 Å². The Kier molecular flexibility index (Phi) is 5.96. The molecule has 4 rings (SSSR count). The minimum Gasteiger partial charge on any atom is -0.497 e. The highest BCUT2D eigenvalue weighted by Crippen LogP contribution is 2.24. The third-order valence-electron chi connectivity index (χ3n) is 6.05. The Hall–Kier alpha value is -2.93. The quantitative estimate of drug-likeness (QED) is 0.685. The molecule has 1 aromatic heterocycles. The van der Waals surface area contributed by atoms with Crippen LogP contribution in [0.2, 0.25) is 0 Å². The van der Waals surface area contributed by atoms with Gasteiger partial charge in [0.15, 0.2) is 6.04 Å². The monoisotopic (exact) mass is 421 g/mol. The van der Waals surface area contributed by atoms with Gasteiger partial charge in [0, 0.05) is 11.3 Å². The summed E-state index contributed by atoms with van der Waals surface area (Å²) in [6, 6.07) is 17.3. The summed E-state index contributed by atoms with van der Waals surface area (Å²) in [4.78, 5) is 3.94. The van der Waals surface area contributed by atoms with Crippen molar-refractivity contribution >= 4 is 5.69 Å². The van der Waals surface area contributed by atoms with E-state index in [-0.39, 0.29) is 11.6 Å². The van der Waals surface area contributed by atoms with Crippen LogP contribution in [0.5, 0.6) is 5.75 Å². The molecule has 0 aliphatic carbocycles. The number of tetrazole rings is 1. The fourth-order valence-electron chi connectivity index (χ4n) is 4.31. The topological polar surface area (TPSA) is 60.5 Å². The zero-order valence-electron chi connectivity index (χ0n) is 19.2. The molecule has 0 radical (unpaired) electrons. The molecule has 1 saturated heterocycles. The first-order valence-corrected chi connectivity index (χ1v) is 11.0. The molecule has 1 fully saturated rings. The first kappa shape index (κ1) is 21.3. The number of anilines is 1. The van der Waals surface area contributed by atoms with E-state index in [1.165, 1.54) is 21.7 Å². The fourth-order valence-corrected chi connectivity index (χ4v) is 4.31. The summed E-state index contributed by atoms with van der Waals surface area (Å²) in [6.07, 6.45) is 0. The van der Waals surface area contributed by atoms with Gasteiger partial charge in [0.2, 0.25) is 5.82 Å². The maximum absolute atomic E-state index is 5.30. The zero-order valence-corrected chi connectivity index (χ0v) is 19.2. The molecular formula is C24H33N6O+. The van der Waals surface area contributed by atoms with Crippen molar-refractivity contribution in [1.29, 1.82) is 0 Å². The van der Waals surface area contributed by atoms with Gasteiger partial charge in [-0.05, 0) is 62.4 Å². The molecule has 0 amide bonds. The molecule has 0 bridgehead atoms. The number of ether oxygens (including phenoxy) is 1. The lowest BCUT2D eigenvalue weighted by molar-refractivity contribution is -0.927. The fraction of sp³-hybridized carbons (Fsp3) is 0.458. The molecule has 31 heavy (non-hydrogen) atoms. The third-order valence-corrected chi connectivity index (χ3v) is 6.05. The predicted molar refractivity (Wildman–Crippen MR) is 122 cm³/mol. The summed E-state index contributed by atoms with van der Waals surface area (Å²) in [6.45, 7) is 12.6. The van der Waals surface area contributed by atoms with E-state index in [4.69, 9.17) is 4.74 Å². The van der Waals surface area contributed by atoms with E-state index in [0.29, 0.717) is 0 Å². The van der Waals surface area contributed by atoms with E-state index in [1.54, 1.807) is 7.11 Å². The smallest absolute Gasteiger partial charge is 0.214 e. The second kappa shape index (κ2) is 8.67.